The SMILES string of the molecule is CCN(CC)C(N)=NCCOc1ccccc1.I. The number of ether oxygens (including phenoxy) is 1. The Hall–Kier alpha value is -0.980. The van der Waals surface area contributed by atoms with E-state index in [2.05, 4.69) is 18.8 Å². The van der Waals surface area contributed by atoms with Gasteiger partial charge in [0.25, 0.3) is 0 Å². The monoisotopic (exact) mass is 363 g/mol. The summed E-state index contributed by atoms with van der Waals surface area (Å²) >= 11 is 0. The largest absolute Gasteiger partial charge is 0.492 e. The fourth-order valence-corrected chi connectivity index (χ4v) is 1.49. The molecule has 0 atom stereocenters. The standard InChI is InChI=1S/C13H21N3O.HI/c1-3-16(4-2)13(14)15-10-11-17-12-8-6-5-7-9-12;/h5-9H,3-4,10-11H2,1-2H3,(H2,14,15);1H. The first-order chi connectivity index (χ1) is 8.27. The fourth-order valence-electron chi connectivity index (χ4n) is 1.49. The highest BCUT2D eigenvalue weighted by Gasteiger charge is 2.00. The second-order valence-electron chi connectivity index (χ2n) is 3.57. The molecule has 0 spiro atoms. The van der Waals surface area contributed by atoms with Crippen molar-refractivity contribution in [1.82, 2.24) is 4.90 Å². The third-order valence-corrected chi connectivity index (χ3v) is 2.46. The Morgan fingerprint density at radius 1 is 1.22 bits per heavy atom. The van der Waals surface area contributed by atoms with Gasteiger partial charge in [-0.25, -0.2) is 4.99 Å². The zero-order chi connectivity index (χ0) is 12.5. The molecular weight excluding hydrogens is 341 g/mol. The van der Waals surface area contributed by atoms with E-state index in [-0.39, 0.29) is 24.0 Å². The number of benzene rings is 1. The topological polar surface area (TPSA) is 50.8 Å². The van der Waals surface area contributed by atoms with Crippen molar-refractivity contribution in [2.45, 2.75) is 13.8 Å². The van der Waals surface area contributed by atoms with Crippen LogP contribution in [0.5, 0.6) is 5.75 Å². The molecular formula is C13H22IN3O. The molecule has 102 valence electrons. The molecule has 0 unspecified atom stereocenters. The highest BCUT2D eigenvalue weighted by atomic mass is 127. The number of nitrogens with two attached hydrogens (primary N) is 1. The van der Waals surface area contributed by atoms with E-state index < -0.39 is 0 Å². The van der Waals surface area contributed by atoms with E-state index in [1.807, 2.05) is 35.2 Å². The van der Waals surface area contributed by atoms with Gasteiger partial charge in [0.2, 0.25) is 0 Å². The van der Waals surface area contributed by atoms with E-state index in [0.29, 0.717) is 19.1 Å². The lowest BCUT2D eigenvalue weighted by Gasteiger charge is -2.19. The normalized spacial score (nSPS) is 10.7. The van der Waals surface area contributed by atoms with Crippen LogP contribution in [0.3, 0.4) is 0 Å². The van der Waals surface area contributed by atoms with Crippen LogP contribution in [-0.4, -0.2) is 37.1 Å². The maximum absolute atomic E-state index is 5.84. The van der Waals surface area contributed by atoms with E-state index in [9.17, 15) is 0 Å². The molecule has 2 N–H and O–H groups in total. The van der Waals surface area contributed by atoms with Crippen LogP contribution >= 0.6 is 24.0 Å². The molecule has 0 aromatic heterocycles. The van der Waals surface area contributed by atoms with Crippen LogP contribution in [0, 0.1) is 0 Å². The third kappa shape index (κ3) is 6.09. The van der Waals surface area contributed by atoms with Gasteiger partial charge in [-0.2, -0.15) is 0 Å². The summed E-state index contributed by atoms with van der Waals surface area (Å²) in [4.78, 5) is 6.29. The zero-order valence-electron chi connectivity index (χ0n) is 11.0. The maximum atomic E-state index is 5.84. The van der Waals surface area contributed by atoms with E-state index in [0.717, 1.165) is 18.8 Å². The summed E-state index contributed by atoms with van der Waals surface area (Å²) in [6, 6.07) is 9.71. The Bertz CT molecular complexity index is 339. The van der Waals surface area contributed by atoms with Crippen molar-refractivity contribution in [1.29, 1.82) is 0 Å². The molecule has 0 saturated heterocycles. The minimum absolute atomic E-state index is 0. The van der Waals surface area contributed by atoms with Crippen LogP contribution in [0.4, 0.5) is 0 Å². The minimum Gasteiger partial charge on any atom is -0.492 e. The first kappa shape index (κ1) is 17.0. The molecule has 0 bridgehead atoms. The van der Waals surface area contributed by atoms with Crippen molar-refractivity contribution < 1.29 is 4.74 Å². The molecule has 0 saturated carbocycles. The van der Waals surface area contributed by atoms with Gasteiger partial charge in [-0.15, -0.1) is 24.0 Å². The predicted octanol–water partition coefficient (Wildman–Crippen LogP) is 2.34. The number of guanidine groups is 1. The molecule has 4 nitrogen and oxygen atoms in total. The molecule has 0 radical (unpaired) electrons. The summed E-state index contributed by atoms with van der Waals surface area (Å²) in [7, 11) is 0. The van der Waals surface area contributed by atoms with Gasteiger partial charge < -0.3 is 15.4 Å². The Labute approximate surface area is 126 Å². The van der Waals surface area contributed by atoms with Gasteiger partial charge in [0.15, 0.2) is 5.96 Å². The molecule has 5 heteroatoms. The summed E-state index contributed by atoms with van der Waals surface area (Å²) in [5, 5.41) is 0. The molecule has 1 aromatic rings. The number of hydrogen-bond donors (Lipinski definition) is 1. The lowest BCUT2D eigenvalue weighted by molar-refractivity contribution is 0.327. The van der Waals surface area contributed by atoms with Crippen molar-refractivity contribution in [3.05, 3.63) is 30.3 Å². The Balaban J connectivity index is 0.00000289. The summed E-state index contributed by atoms with van der Waals surface area (Å²) in [6.07, 6.45) is 0. The quantitative estimate of drug-likeness (QED) is 0.365. The average Bonchev–Trinajstić information content (AvgIpc) is 2.37. The molecule has 0 aliphatic heterocycles. The van der Waals surface area contributed by atoms with Gasteiger partial charge in [-0.05, 0) is 26.0 Å². The highest BCUT2D eigenvalue weighted by Crippen LogP contribution is 2.07. The van der Waals surface area contributed by atoms with Crippen molar-refractivity contribution in [3.8, 4) is 5.75 Å². The van der Waals surface area contributed by atoms with Crippen LogP contribution in [0.25, 0.3) is 0 Å². The van der Waals surface area contributed by atoms with Crippen LogP contribution in [0.1, 0.15) is 13.8 Å². The molecule has 1 rings (SSSR count). The van der Waals surface area contributed by atoms with Gasteiger partial charge >= 0.3 is 0 Å². The van der Waals surface area contributed by atoms with Crippen LogP contribution in [0.2, 0.25) is 0 Å². The molecule has 1 aromatic carbocycles. The van der Waals surface area contributed by atoms with Crippen molar-refractivity contribution >= 4 is 29.9 Å². The van der Waals surface area contributed by atoms with Gasteiger partial charge in [0.1, 0.15) is 12.4 Å². The number of halogens is 1. The van der Waals surface area contributed by atoms with E-state index in [4.69, 9.17) is 10.5 Å². The average molecular weight is 363 g/mol. The number of rotatable bonds is 6. The molecule has 0 aliphatic carbocycles. The number of nitrogens with zero attached hydrogens (tertiary/aromatic N) is 2. The van der Waals surface area contributed by atoms with Crippen molar-refractivity contribution in [3.63, 3.8) is 0 Å². The molecule has 0 heterocycles. The van der Waals surface area contributed by atoms with Crippen molar-refractivity contribution in [2.75, 3.05) is 26.2 Å². The summed E-state index contributed by atoms with van der Waals surface area (Å²) < 4.78 is 5.52. The van der Waals surface area contributed by atoms with E-state index in [1.165, 1.54) is 0 Å². The number of hydrogen-bond acceptors (Lipinski definition) is 2. The number of aliphatic imine (C=N–C) groups is 1. The highest BCUT2D eigenvalue weighted by molar-refractivity contribution is 14.0. The van der Waals surface area contributed by atoms with Gasteiger partial charge in [0, 0.05) is 13.1 Å². The van der Waals surface area contributed by atoms with Gasteiger partial charge in [0.05, 0.1) is 6.54 Å². The summed E-state index contributed by atoms with van der Waals surface area (Å²) in [5.74, 6) is 1.45. The third-order valence-electron chi connectivity index (χ3n) is 2.46. The van der Waals surface area contributed by atoms with Gasteiger partial charge in [-0.1, -0.05) is 18.2 Å². The van der Waals surface area contributed by atoms with Crippen LogP contribution in [-0.2, 0) is 0 Å². The first-order valence-electron chi connectivity index (χ1n) is 6.00. The molecule has 0 aliphatic rings. The van der Waals surface area contributed by atoms with Crippen molar-refractivity contribution in [2.24, 2.45) is 10.7 Å². The molecule has 18 heavy (non-hydrogen) atoms. The Kier molecular flexibility index (Phi) is 9.45. The van der Waals surface area contributed by atoms with Crippen LogP contribution in [0.15, 0.2) is 35.3 Å². The predicted molar refractivity (Wildman–Crippen MR) is 86.8 cm³/mol. The Morgan fingerprint density at radius 3 is 2.39 bits per heavy atom. The smallest absolute Gasteiger partial charge is 0.191 e. The maximum Gasteiger partial charge on any atom is 0.191 e. The van der Waals surface area contributed by atoms with Crippen LogP contribution < -0.4 is 10.5 Å². The lowest BCUT2D eigenvalue weighted by Crippen LogP contribution is -2.37. The van der Waals surface area contributed by atoms with E-state index >= 15 is 0 Å². The Morgan fingerprint density at radius 2 is 1.83 bits per heavy atom. The fraction of sp³-hybridized carbons (Fsp3) is 0.462. The zero-order valence-corrected chi connectivity index (χ0v) is 13.3. The lowest BCUT2D eigenvalue weighted by atomic mass is 10.3. The second-order valence-corrected chi connectivity index (χ2v) is 3.57. The first-order valence-corrected chi connectivity index (χ1v) is 6.00. The molecule has 0 fully saturated rings. The summed E-state index contributed by atoms with van der Waals surface area (Å²) in [5.41, 5.74) is 5.84. The number of para-hydroxylation sites is 1. The van der Waals surface area contributed by atoms with Gasteiger partial charge in [-0.3, -0.25) is 0 Å². The summed E-state index contributed by atoms with van der Waals surface area (Å²) in [6.45, 7) is 7.01. The second kappa shape index (κ2) is 9.99. The minimum atomic E-state index is 0. The van der Waals surface area contributed by atoms with E-state index in [1.54, 1.807) is 0 Å². The molecule has 0 amide bonds.